The second kappa shape index (κ2) is 5.20. The van der Waals surface area contributed by atoms with E-state index in [2.05, 4.69) is 73.5 Å². The van der Waals surface area contributed by atoms with Crippen LogP contribution in [-0.2, 0) is 0 Å². The molecule has 2 aromatic rings. The molecule has 0 bridgehead atoms. The van der Waals surface area contributed by atoms with Crippen molar-refractivity contribution in [3.63, 3.8) is 0 Å². The van der Waals surface area contributed by atoms with E-state index in [0.29, 0.717) is 0 Å². The predicted molar refractivity (Wildman–Crippen MR) is 89.9 cm³/mol. The molecule has 0 amide bonds. The lowest BCUT2D eigenvalue weighted by atomic mass is 10.0. The van der Waals surface area contributed by atoms with E-state index < -0.39 is 0 Å². The topological polar surface area (TPSA) is 0 Å². The average molecular weight is 291 g/mol. The summed E-state index contributed by atoms with van der Waals surface area (Å²) in [4.78, 5) is 0. The molecule has 102 valence electrons. The molecule has 2 aliphatic rings. The molecule has 2 aliphatic carbocycles. The molecule has 1 heteroatoms. The van der Waals surface area contributed by atoms with Gasteiger partial charge >= 0.3 is 0 Å². The van der Waals surface area contributed by atoms with Crippen LogP contribution in [0.25, 0.3) is 12.2 Å². The molecule has 2 aromatic carbocycles. The van der Waals surface area contributed by atoms with E-state index in [-0.39, 0.29) is 5.38 Å². The van der Waals surface area contributed by atoms with Gasteiger partial charge in [0.25, 0.3) is 0 Å². The van der Waals surface area contributed by atoms with E-state index in [9.17, 15) is 0 Å². The van der Waals surface area contributed by atoms with Gasteiger partial charge in [0.15, 0.2) is 0 Å². The van der Waals surface area contributed by atoms with Crippen molar-refractivity contribution in [2.45, 2.75) is 11.8 Å². The maximum absolute atomic E-state index is 6.64. The third-order valence-electron chi connectivity index (χ3n) is 4.09. The molecule has 0 aliphatic heterocycles. The second-order valence-corrected chi connectivity index (χ2v) is 6.11. The standard InChI is InChI=1S/C20H15Cl/c21-20(19-12-17-7-3-4-8-18(17)13-19)11-14-9-15-5-1-2-6-16(15)10-14/h1-10,12-13,20H,11H2. The van der Waals surface area contributed by atoms with Crippen molar-refractivity contribution >= 4 is 23.8 Å². The summed E-state index contributed by atoms with van der Waals surface area (Å²) in [6.07, 6.45) is 9.76. The van der Waals surface area contributed by atoms with Crippen LogP contribution in [0, 0.1) is 12.8 Å². The SMILES string of the molecule is ClC(CC1=Cc2ccccc2[CH]1)C1=Cc2ccccc2[CH]1. The Bertz CT molecular complexity index is 752. The van der Waals surface area contributed by atoms with Gasteiger partial charge in [-0.3, -0.25) is 0 Å². The molecule has 0 aromatic heterocycles. The zero-order chi connectivity index (χ0) is 14.2. The molecule has 1 atom stereocenters. The minimum atomic E-state index is 0.0224. The molecule has 0 N–H and O–H groups in total. The van der Waals surface area contributed by atoms with Gasteiger partial charge in [0.2, 0.25) is 0 Å². The largest absolute Gasteiger partial charge is 0.118 e. The first-order valence-corrected chi connectivity index (χ1v) is 7.67. The predicted octanol–water partition coefficient (Wildman–Crippen LogP) is 5.28. The molecule has 0 spiro atoms. The van der Waals surface area contributed by atoms with Gasteiger partial charge in [-0.05, 0) is 34.2 Å². The lowest BCUT2D eigenvalue weighted by Crippen LogP contribution is -2.03. The first-order chi connectivity index (χ1) is 10.3. The fraction of sp³-hybridized carbons (Fsp3) is 0.100. The summed E-state index contributed by atoms with van der Waals surface area (Å²) in [5.41, 5.74) is 7.65. The van der Waals surface area contributed by atoms with Crippen LogP contribution in [-0.4, -0.2) is 5.38 Å². The quantitative estimate of drug-likeness (QED) is 0.674. The smallest absolute Gasteiger partial charge is 0.0592 e. The molecular weight excluding hydrogens is 276 g/mol. The van der Waals surface area contributed by atoms with Crippen LogP contribution in [0.1, 0.15) is 28.7 Å². The summed E-state index contributed by atoms with van der Waals surface area (Å²) in [5.74, 6) is 0. The van der Waals surface area contributed by atoms with Gasteiger partial charge in [0.05, 0.1) is 5.38 Å². The molecule has 1 unspecified atom stereocenters. The molecule has 0 heterocycles. The second-order valence-electron chi connectivity index (χ2n) is 5.58. The highest BCUT2D eigenvalue weighted by Gasteiger charge is 2.22. The van der Waals surface area contributed by atoms with E-state index in [1.807, 2.05) is 0 Å². The van der Waals surface area contributed by atoms with Crippen molar-refractivity contribution in [3.8, 4) is 0 Å². The average Bonchev–Trinajstić information content (AvgIpc) is 3.10. The van der Waals surface area contributed by atoms with E-state index >= 15 is 0 Å². The highest BCUT2D eigenvalue weighted by atomic mass is 35.5. The van der Waals surface area contributed by atoms with E-state index in [0.717, 1.165) is 6.42 Å². The van der Waals surface area contributed by atoms with E-state index in [1.54, 1.807) is 0 Å². The van der Waals surface area contributed by atoms with Crippen LogP contribution in [0.2, 0.25) is 0 Å². The van der Waals surface area contributed by atoms with Gasteiger partial charge in [-0.15, -0.1) is 11.6 Å². The summed E-state index contributed by atoms with van der Waals surface area (Å²) in [7, 11) is 0. The molecule has 2 radical (unpaired) electrons. The van der Waals surface area contributed by atoms with Crippen molar-refractivity contribution < 1.29 is 0 Å². The van der Waals surface area contributed by atoms with Crippen molar-refractivity contribution in [1.29, 1.82) is 0 Å². The fourth-order valence-electron chi connectivity index (χ4n) is 3.01. The number of alkyl halides is 1. The Balaban J connectivity index is 1.48. The summed E-state index contributed by atoms with van der Waals surface area (Å²) in [6.45, 7) is 0. The molecule has 4 rings (SSSR count). The van der Waals surface area contributed by atoms with E-state index in [1.165, 1.54) is 33.4 Å². The Hall–Kier alpha value is -1.79. The number of rotatable bonds is 3. The highest BCUT2D eigenvalue weighted by Crippen LogP contribution is 2.36. The summed E-state index contributed by atoms with van der Waals surface area (Å²) >= 11 is 6.64. The Morgan fingerprint density at radius 2 is 1.29 bits per heavy atom. The maximum atomic E-state index is 6.64. The zero-order valence-corrected chi connectivity index (χ0v) is 12.3. The van der Waals surface area contributed by atoms with E-state index in [4.69, 9.17) is 11.6 Å². The maximum Gasteiger partial charge on any atom is 0.0592 e. The lowest BCUT2D eigenvalue weighted by molar-refractivity contribution is 0.973. The van der Waals surface area contributed by atoms with Crippen molar-refractivity contribution in [3.05, 3.63) is 94.8 Å². The molecular formula is C20H15Cl. The highest BCUT2D eigenvalue weighted by molar-refractivity contribution is 6.23. The third kappa shape index (κ3) is 2.45. The van der Waals surface area contributed by atoms with Crippen LogP contribution in [0.15, 0.2) is 59.7 Å². The summed E-state index contributed by atoms with van der Waals surface area (Å²) in [6, 6.07) is 16.9. The Morgan fingerprint density at radius 1 is 0.714 bits per heavy atom. The molecule has 0 saturated heterocycles. The number of fused-ring (bicyclic) bond motifs is 2. The third-order valence-corrected chi connectivity index (χ3v) is 4.50. The Kier molecular flexibility index (Phi) is 3.20. The molecule has 0 nitrogen and oxygen atoms in total. The van der Waals surface area contributed by atoms with Gasteiger partial charge < -0.3 is 0 Å². The number of halogens is 1. The van der Waals surface area contributed by atoms with Crippen LogP contribution >= 0.6 is 11.6 Å². The Labute approximate surface area is 130 Å². The number of hydrogen-bond donors (Lipinski definition) is 0. The van der Waals surface area contributed by atoms with Crippen molar-refractivity contribution in [1.82, 2.24) is 0 Å². The first kappa shape index (κ1) is 12.9. The molecule has 21 heavy (non-hydrogen) atoms. The van der Waals surface area contributed by atoms with Gasteiger partial charge in [0.1, 0.15) is 0 Å². The Morgan fingerprint density at radius 3 is 1.90 bits per heavy atom. The van der Waals surface area contributed by atoms with Crippen molar-refractivity contribution in [2.24, 2.45) is 0 Å². The van der Waals surface area contributed by atoms with Gasteiger partial charge in [0, 0.05) is 12.8 Å². The minimum absolute atomic E-state index is 0.0224. The molecule has 0 fully saturated rings. The van der Waals surface area contributed by atoms with Crippen LogP contribution < -0.4 is 0 Å². The first-order valence-electron chi connectivity index (χ1n) is 7.23. The van der Waals surface area contributed by atoms with Gasteiger partial charge in [-0.25, -0.2) is 0 Å². The zero-order valence-electron chi connectivity index (χ0n) is 11.6. The fourth-order valence-corrected chi connectivity index (χ4v) is 3.32. The van der Waals surface area contributed by atoms with Gasteiger partial charge in [-0.2, -0.15) is 0 Å². The number of allylic oxidation sites excluding steroid dienone is 2. The van der Waals surface area contributed by atoms with Crippen molar-refractivity contribution in [2.75, 3.05) is 0 Å². The molecule has 0 saturated carbocycles. The summed E-state index contributed by atoms with van der Waals surface area (Å²) < 4.78 is 0. The van der Waals surface area contributed by atoms with Gasteiger partial charge in [-0.1, -0.05) is 66.3 Å². The minimum Gasteiger partial charge on any atom is -0.118 e. The number of hydrogen-bond acceptors (Lipinski definition) is 0. The van der Waals surface area contributed by atoms with Crippen LogP contribution in [0.5, 0.6) is 0 Å². The lowest BCUT2D eigenvalue weighted by Gasteiger charge is -2.11. The number of benzene rings is 2. The van der Waals surface area contributed by atoms with Crippen LogP contribution in [0.4, 0.5) is 0 Å². The normalized spacial score (nSPS) is 17.0. The monoisotopic (exact) mass is 290 g/mol. The van der Waals surface area contributed by atoms with Crippen LogP contribution in [0.3, 0.4) is 0 Å². The summed E-state index contributed by atoms with van der Waals surface area (Å²) in [5, 5.41) is 0.0224.